The van der Waals surface area contributed by atoms with Gasteiger partial charge in [-0.1, -0.05) is 37.6 Å². The fourth-order valence-electron chi connectivity index (χ4n) is 3.41. The molecule has 0 amide bonds. The average Bonchev–Trinajstić information content (AvgIpc) is 2.77. The van der Waals surface area contributed by atoms with Crippen molar-refractivity contribution in [1.82, 2.24) is 0 Å². The molecule has 0 unspecified atom stereocenters. The van der Waals surface area contributed by atoms with E-state index in [-0.39, 0.29) is 35.4 Å². The number of rotatable bonds is 8. The second-order valence-corrected chi connectivity index (χ2v) is 8.46. The molecule has 0 aromatic heterocycles. The van der Waals surface area contributed by atoms with Crippen molar-refractivity contribution in [2.24, 2.45) is 0 Å². The van der Waals surface area contributed by atoms with Crippen LogP contribution in [0.5, 0.6) is 23.0 Å². The molecule has 172 valence electrons. The number of ketones is 1. The van der Waals surface area contributed by atoms with Gasteiger partial charge in [0.05, 0.1) is 12.7 Å². The van der Waals surface area contributed by atoms with E-state index in [4.69, 9.17) is 21.1 Å². The molecule has 0 aliphatic heterocycles. The number of phenols is 2. The number of carbonyl (C=O) groups is 1. The Morgan fingerprint density at radius 3 is 2.48 bits per heavy atom. The molecule has 0 atom stereocenters. The molecule has 0 aliphatic carbocycles. The molecule has 3 aromatic rings. The van der Waals surface area contributed by atoms with Crippen LogP contribution in [0.4, 0.5) is 0 Å². The van der Waals surface area contributed by atoms with Crippen molar-refractivity contribution >= 4 is 23.5 Å². The summed E-state index contributed by atoms with van der Waals surface area (Å²) in [6, 6.07) is 13.3. The van der Waals surface area contributed by atoms with Crippen LogP contribution in [0.15, 0.2) is 54.6 Å². The van der Waals surface area contributed by atoms with Crippen LogP contribution in [0.25, 0.3) is 6.08 Å². The van der Waals surface area contributed by atoms with Gasteiger partial charge in [0.25, 0.3) is 0 Å². The van der Waals surface area contributed by atoms with Gasteiger partial charge >= 0.3 is 0 Å². The summed E-state index contributed by atoms with van der Waals surface area (Å²) in [4.78, 5) is 12.4. The van der Waals surface area contributed by atoms with E-state index in [1.807, 2.05) is 37.3 Å². The molecule has 5 nitrogen and oxygen atoms in total. The lowest BCUT2D eigenvalue weighted by Gasteiger charge is -2.17. The number of aromatic hydroxyl groups is 2. The molecule has 6 heteroatoms. The lowest BCUT2D eigenvalue weighted by Crippen LogP contribution is -2.03. The van der Waals surface area contributed by atoms with Crippen molar-refractivity contribution in [3.63, 3.8) is 0 Å². The van der Waals surface area contributed by atoms with E-state index in [2.05, 4.69) is 13.8 Å². The maximum absolute atomic E-state index is 12.4. The van der Waals surface area contributed by atoms with E-state index in [1.54, 1.807) is 13.2 Å². The van der Waals surface area contributed by atoms with Gasteiger partial charge in [0.15, 0.2) is 5.78 Å². The van der Waals surface area contributed by atoms with Crippen LogP contribution in [-0.4, -0.2) is 23.1 Å². The normalized spacial score (nSPS) is 11.2. The third kappa shape index (κ3) is 5.88. The third-order valence-corrected chi connectivity index (χ3v) is 5.68. The van der Waals surface area contributed by atoms with Gasteiger partial charge in [0, 0.05) is 16.7 Å². The molecule has 0 spiro atoms. The average molecular weight is 467 g/mol. The zero-order chi connectivity index (χ0) is 24.1. The minimum atomic E-state index is -0.376. The van der Waals surface area contributed by atoms with Gasteiger partial charge in [-0.05, 0) is 72.0 Å². The summed E-state index contributed by atoms with van der Waals surface area (Å²) in [5.74, 6) is 0.937. The smallest absolute Gasteiger partial charge is 0.189 e. The third-order valence-electron chi connectivity index (χ3n) is 5.27. The standard InChI is InChI=1S/C27H27ClO5/c1-16(2)22-14-23(28)17(3)11-27(22)33-15-19-12-18(6-10-26(19)32-4)5-9-24(30)21-8-7-20(29)13-25(21)31/h5-14,16,29,31H,15H2,1-4H3/b9-5+. The van der Waals surface area contributed by atoms with Gasteiger partial charge in [-0.25, -0.2) is 0 Å². The van der Waals surface area contributed by atoms with Gasteiger partial charge in [0.2, 0.25) is 0 Å². The van der Waals surface area contributed by atoms with Crippen LogP contribution < -0.4 is 9.47 Å². The van der Waals surface area contributed by atoms with Crippen molar-refractivity contribution < 1.29 is 24.5 Å². The highest BCUT2D eigenvalue weighted by molar-refractivity contribution is 6.31. The molecule has 0 saturated heterocycles. The number of carbonyl (C=O) groups excluding carboxylic acids is 1. The summed E-state index contributed by atoms with van der Waals surface area (Å²) in [6.45, 7) is 6.39. The summed E-state index contributed by atoms with van der Waals surface area (Å²) in [6.07, 6.45) is 3.03. The Labute approximate surface area is 198 Å². The zero-order valence-corrected chi connectivity index (χ0v) is 19.8. The molecular formula is C27H27ClO5. The van der Waals surface area contributed by atoms with Crippen LogP contribution in [0.2, 0.25) is 5.02 Å². The number of phenolic OH excluding ortho intramolecular Hbond substituents is 2. The van der Waals surface area contributed by atoms with E-state index >= 15 is 0 Å². The van der Waals surface area contributed by atoms with Crippen molar-refractivity contribution in [2.45, 2.75) is 33.3 Å². The first-order chi connectivity index (χ1) is 15.7. The maximum Gasteiger partial charge on any atom is 0.189 e. The SMILES string of the molecule is COc1ccc(/C=C/C(=O)c2ccc(O)cc2O)cc1COc1cc(C)c(Cl)cc1C(C)C. The highest BCUT2D eigenvalue weighted by Gasteiger charge is 2.13. The van der Waals surface area contributed by atoms with E-state index < -0.39 is 0 Å². The Morgan fingerprint density at radius 2 is 1.82 bits per heavy atom. The Balaban J connectivity index is 1.82. The van der Waals surface area contributed by atoms with Gasteiger partial charge in [-0.2, -0.15) is 0 Å². The van der Waals surface area contributed by atoms with Crippen LogP contribution in [0.1, 0.15) is 52.4 Å². The van der Waals surface area contributed by atoms with Gasteiger partial charge in [-0.3, -0.25) is 4.79 Å². The minimum absolute atomic E-state index is 0.107. The highest BCUT2D eigenvalue weighted by atomic mass is 35.5. The van der Waals surface area contributed by atoms with E-state index in [0.717, 1.165) is 34.1 Å². The number of methoxy groups -OCH3 is 1. The lowest BCUT2D eigenvalue weighted by molar-refractivity contribution is 0.104. The number of aryl methyl sites for hydroxylation is 1. The Kier molecular flexibility index (Phi) is 7.67. The van der Waals surface area contributed by atoms with Crippen LogP contribution >= 0.6 is 11.6 Å². The molecule has 0 saturated carbocycles. The first-order valence-corrected chi connectivity index (χ1v) is 10.9. The minimum Gasteiger partial charge on any atom is -0.508 e. The van der Waals surface area contributed by atoms with Gasteiger partial charge in [-0.15, -0.1) is 0 Å². The first kappa shape index (κ1) is 24.2. The Bertz CT molecular complexity index is 1200. The summed E-state index contributed by atoms with van der Waals surface area (Å²) in [5.41, 5.74) is 3.68. The molecule has 3 aromatic carbocycles. The summed E-state index contributed by atoms with van der Waals surface area (Å²) < 4.78 is 11.6. The predicted molar refractivity (Wildman–Crippen MR) is 131 cm³/mol. The lowest BCUT2D eigenvalue weighted by atomic mass is 10.0. The first-order valence-electron chi connectivity index (χ1n) is 10.5. The number of ether oxygens (including phenoxy) is 2. The molecule has 0 heterocycles. The summed E-state index contributed by atoms with van der Waals surface area (Å²) in [5, 5.41) is 20.0. The monoisotopic (exact) mass is 466 g/mol. The van der Waals surface area contributed by atoms with Gasteiger partial charge < -0.3 is 19.7 Å². The quantitative estimate of drug-likeness (QED) is 0.286. The number of benzene rings is 3. The number of hydrogen-bond acceptors (Lipinski definition) is 5. The van der Waals surface area contributed by atoms with E-state index in [9.17, 15) is 15.0 Å². The number of hydrogen-bond donors (Lipinski definition) is 2. The van der Waals surface area contributed by atoms with Crippen molar-refractivity contribution in [2.75, 3.05) is 7.11 Å². The van der Waals surface area contributed by atoms with Crippen molar-refractivity contribution in [1.29, 1.82) is 0 Å². The van der Waals surface area contributed by atoms with Crippen LogP contribution in [0.3, 0.4) is 0 Å². The molecule has 0 aliphatic rings. The van der Waals surface area contributed by atoms with Crippen LogP contribution in [0, 0.1) is 6.92 Å². The van der Waals surface area contributed by atoms with Crippen LogP contribution in [-0.2, 0) is 6.61 Å². The number of allylic oxidation sites excluding steroid dienone is 1. The summed E-state index contributed by atoms with van der Waals surface area (Å²) in [7, 11) is 1.59. The molecule has 33 heavy (non-hydrogen) atoms. The largest absolute Gasteiger partial charge is 0.508 e. The fourth-order valence-corrected chi connectivity index (χ4v) is 3.58. The molecule has 2 N–H and O–H groups in total. The second kappa shape index (κ2) is 10.5. The van der Waals surface area contributed by atoms with Gasteiger partial charge in [0.1, 0.15) is 29.6 Å². The van der Waals surface area contributed by atoms with E-state index in [1.165, 1.54) is 18.2 Å². The topological polar surface area (TPSA) is 76.0 Å². The van der Waals surface area contributed by atoms with Crippen molar-refractivity contribution in [3.05, 3.63) is 87.4 Å². The molecule has 0 radical (unpaired) electrons. The molecular weight excluding hydrogens is 440 g/mol. The van der Waals surface area contributed by atoms with Crippen molar-refractivity contribution in [3.8, 4) is 23.0 Å². The second-order valence-electron chi connectivity index (χ2n) is 8.05. The Hall–Kier alpha value is -3.44. The highest BCUT2D eigenvalue weighted by Crippen LogP contribution is 2.33. The molecule has 0 bridgehead atoms. The maximum atomic E-state index is 12.4. The van der Waals surface area contributed by atoms with E-state index in [0.29, 0.717) is 10.8 Å². The zero-order valence-electron chi connectivity index (χ0n) is 19.1. The summed E-state index contributed by atoms with van der Waals surface area (Å²) >= 11 is 6.30. The molecule has 0 fully saturated rings. The molecule has 3 rings (SSSR count). The number of halogens is 1. The predicted octanol–water partition coefficient (Wildman–Crippen LogP) is 6.67. The fraction of sp³-hybridized carbons (Fsp3) is 0.222. The Morgan fingerprint density at radius 1 is 1.06 bits per heavy atom.